The summed E-state index contributed by atoms with van der Waals surface area (Å²) in [4.78, 5) is 51.1. The van der Waals surface area contributed by atoms with Crippen LogP contribution in [0.5, 0.6) is 0 Å². The summed E-state index contributed by atoms with van der Waals surface area (Å²) in [6, 6.07) is 5.65. The van der Waals surface area contributed by atoms with Crippen molar-refractivity contribution in [1.82, 2.24) is 16.0 Å². The summed E-state index contributed by atoms with van der Waals surface area (Å²) in [5.41, 5.74) is 6.70. The third-order valence-electron chi connectivity index (χ3n) is 5.90. The number of nitrogens with one attached hydrogen (secondary N) is 3. The number of benzene rings is 1. The third kappa shape index (κ3) is 10.4. The van der Waals surface area contributed by atoms with Crippen molar-refractivity contribution in [1.29, 1.82) is 0 Å². The van der Waals surface area contributed by atoms with Crippen LogP contribution >= 0.6 is 23.5 Å². The van der Waals surface area contributed by atoms with E-state index in [4.69, 9.17) is 5.73 Å². The van der Waals surface area contributed by atoms with Gasteiger partial charge in [-0.2, -0.15) is 0 Å². The van der Waals surface area contributed by atoms with E-state index in [0.29, 0.717) is 6.42 Å². The minimum atomic E-state index is -0.881. The van der Waals surface area contributed by atoms with Gasteiger partial charge in [0.25, 0.3) is 0 Å². The van der Waals surface area contributed by atoms with Crippen LogP contribution in [-0.4, -0.2) is 57.8 Å². The maximum Gasteiger partial charge on any atom is 0.243 e. The van der Waals surface area contributed by atoms with E-state index in [1.54, 1.807) is 35.7 Å². The predicted octanol–water partition coefficient (Wildman–Crippen LogP) is 2.69. The summed E-state index contributed by atoms with van der Waals surface area (Å²) < 4.78 is -0.240. The van der Waals surface area contributed by atoms with E-state index in [0.717, 1.165) is 22.6 Å². The Bertz CT molecular complexity index is 970. The molecule has 0 radical (unpaired) electrons. The molecule has 0 spiro atoms. The minimum Gasteiger partial charge on any atom is -0.370 e. The lowest BCUT2D eigenvalue weighted by Gasteiger charge is -2.32. The Labute approximate surface area is 228 Å². The van der Waals surface area contributed by atoms with Crippen molar-refractivity contribution in [3.8, 4) is 0 Å². The molecule has 1 aromatic carbocycles. The average molecular weight is 549 g/mol. The molecule has 204 valence electrons. The lowest BCUT2D eigenvalue weighted by atomic mass is 9.85. The lowest BCUT2D eigenvalue weighted by Crippen LogP contribution is -2.59. The van der Waals surface area contributed by atoms with E-state index in [2.05, 4.69) is 16.0 Å². The number of primary amides is 1. The molecule has 8 nitrogen and oxygen atoms in total. The molecule has 1 fully saturated rings. The summed E-state index contributed by atoms with van der Waals surface area (Å²) in [5.74, 6) is 0.384. The Balaban J connectivity index is 2.24. The van der Waals surface area contributed by atoms with Crippen molar-refractivity contribution >= 4 is 47.2 Å². The predicted molar refractivity (Wildman–Crippen MR) is 152 cm³/mol. The second kappa shape index (κ2) is 14.5. The normalized spacial score (nSPS) is 16.7. The summed E-state index contributed by atoms with van der Waals surface area (Å²) in [7, 11) is 0. The second-order valence-electron chi connectivity index (χ2n) is 10.3. The van der Waals surface area contributed by atoms with Crippen molar-refractivity contribution in [2.45, 2.75) is 76.6 Å². The monoisotopic (exact) mass is 548 g/mol. The van der Waals surface area contributed by atoms with Gasteiger partial charge in [-0.05, 0) is 31.2 Å². The number of aryl methyl sites for hydroxylation is 1. The van der Waals surface area contributed by atoms with E-state index >= 15 is 0 Å². The van der Waals surface area contributed by atoms with Gasteiger partial charge in [-0.1, -0.05) is 62.8 Å². The first-order valence-corrected chi connectivity index (χ1v) is 14.6. The zero-order chi connectivity index (χ0) is 27.6. The van der Waals surface area contributed by atoms with Crippen LogP contribution in [0.15, 0.2) is 36.4 Å². The molecule has 37 heavy (non-hydrogen) atoms. The van der Waals surface area contributed by atoms with Crippen molar-refractivity contribution in [3.63, 3.8) is 0 Å². The minimum absolute atomic E-state index is 0.125. The average Bonchev–Trinajstić information content (AvgIpc) is 3.36. The molecule has 5 N–H and O–H groups in total. The second-order valence-corrected chi connectivity index (χ2v) is 13.0. The van der Waals surface area contributed by atoms with Gasteiger partial charge in [-0.3, -0.25) is 19.2 Å². The first-order valence-electron chi connectivity index (χ1n) is 12.5. The third-order valence-corrected chi connectivity index (χ3v) is 8.89. The highest BCUT2D eigenvalue weighted by atomic mass is 32.2. The number of hydrogen-bond donors (Lipinski definition) is 4. The smallest absolute Gasteiger partial charge is 0.243 e. The quantitative estimate of drug-likeness (QED) is 0.297. The zero-order valence-corrected chi connectivity index (χ0v) is 24.0. The zero-order valence-electron chi connectivity index (χ0n) is 22.3. The van der Waals surface area contributed by atoms with Crippen LogP contribution in [0.1, 0.15) is 51.7 Å². The molecule has 3 unspecified atom stereocenters. The topological polar surface area (TPSA) is 130 Å². The number of nitrogens with two attached hydrogens (primary N) is 1. The van der Waals surface area contributed by atoms with Gasteiger partial charge in [-0.15, -0.1) is 23.5 Å². The number of carbonyl (C=O) groups is 4. The number of thioether (sulfide) groups is 2. The Kier molecular flexibility index (Phi) is 12.0. The standard InChI is InChI=1S/C27H40N4O4S2/c1-6-7-19(12-13-21(28)32)29-23(33)20(16-18-10-8-17(2)9-11-18)30-24(34)22(27(3,4)5)31-25(35)26-36-14-15-37-26/h6-11,19-20,22,26H,12-16H2,1-5H3,(H2,28,32)(H,29,33)(H,30,34)(H,31,35)/b7-6+. The molecule has 1 heterocycles. The highest BCUT2D eigenvalue weighted by Gasteiger charge is 2.37. The van der Waals surface area contributed by atoms with Crippen LogP contribution in [-0.2, 0) is 25.6 Å². The van der Waals surface area contributed by atoms with Crippen LogP contribution < -0.4 is 21.7 Å². The van der Waals surface area contributed by atoms with Crippen molar-refractivity contribution in [3.05, 3.63) is 47.5 Å². The molecule has 0 aliphatic carbocycles. The van der Waals surface area contributed by atoms with E-state index in [1.165, 1.54) is 0 Å². The Hall–Kier alpha value is -2.46. The highest BCUT2D eigenvalue weighted by Crippen LogP contribution is 2.32. The van der Waals surface area contributed by atoms with Crippen LogP contribution in [0.4, 0.5) is 0 Å². The molecule has 0 bridgehead atoms. The van der Waals surface area contributed by atoms with E-state index in [9.17, 15) is 19.2 Å². The van der Waals surface area contributed by atoms with Crippen molar-refractivity contribution in [2.75, 3.05) is 11.5 Å². The fourth-order valence-corrected chi connectivity index (χ4v) is 6.45. The molecule has 3 atom stereocenters. The summed E-state index contributed by atoms with van der Waals surface area (Å²) in [5, 5.41) is 8.75. The molecule has 10 heteroatoms. The van der Waals surface area contributed by atoms with Gasteiger partial charge in [0.1, 0.15) is 16.7 Å². The number of amides is 4. The first-order chi connectivity index (χ1) is 17.4. The van der Waals surface area contributed by atoms with Gasteiger partial charge < -0.3 is 21.7 Å². The first kappa shape index (κ1) is 30.8. The van der Waals surface area contributed by atoms with Crippen molar-refractivity contribution in [2.24, 2.45) is 11.1 Å². The van der Waals surface area contributed by atoms with Crippen LogP contribution in [0, 0.1) is 12.3 Å². The summed E-state index contributed by atoms with van der Waals surface area (Å²) in [6.07, 6.45) is 4.34. The van der Waals surface area contributed by atoms with E-state index in [1.807, 2.05) is 58.9 Å². The molecule has 1 aliphatic rings. The molecule has 2 rings (SSSR count). The molecule has 0 aromatic heterocycles. The molecule has 0 saturated carbocycles. The van der Waals surface area contributed by atoms with Gasteiger partial charge in [0, 0.05) is 30.4 Å². The maximum atomic E-state index is 13.5. The fourth-order valence-electron chi connectivity index (χ4n) is 3.85. The van der Waals surface area contributed by atoms with Gasteiger partial charge in [-0.25, -0.2) is 0 Å². The van der Waals surface area contributed by atoms with Crippen LogP contribution in [0.25, 0.3) is 0 Å². The number of rotatable bonds is 12. The van der Waals surface area contributed by atoms with Gasteiger partial charge >= 0.3 is 0 Å². The molecular weight excluding hydrogens is 508 g/mol. The van der Waals surface area contributed by atoms with Gasteiger partial charge in [0.05, 0.1) is 0 Å². The number of hydrogen-bond acceptors (Lipinski definition) is 6. The van der Waals surface area contributed by atoms with Crippen molar-refractivity contribution < 1.29 is 19.2 Å². The van der Waals surface area contributed by atoms with E-state index in [-0.39, 0.29) is 29.2 Å². The largest absolute Gasteiger partial charge is 0.370 e. The van der Waals surface area contributed by atoms with E-state index < -0.39 is 35.4 Å². The van der Waals surface area contributed by atoms with Crippen LogP contribution in [0.2, 0.25) is 0 Å². The SMILES string of the molecule is C/C=C/C(CCC(N)=O)NC(=O)C(Cc1ccc(C)cc1)NC(=O)C(NC(=O)C1SCCS1)C(C)(C)C. The molecule has 1 saturated heterocycles. The molecular formula is C27H40N4O4S2. The van der Waals surface area contributed by atoms with Crippen LogP contribution in [0.3, 0.4) is 0 Å². The number of allylic oxidation sites excluding steroid dienone is 1. The summed E-state index contributed by atoms with van der Waals surface area (Å²) in [6.45, 7) is 9.45. The Morgan fingerprint density at radius 3 is 2.19 bits per heavy atom. The molecule has 4 amide bonds. The number of carbonyl (C=O) groups excluding carboxylic acids is 4. The Morgan fingerprint density at radius 1 is 1.03 bits per heavy atom. The lowest BCUT2D eigenvalue weighted by molar-refractivity contribution is -0.134. The Morgan fingerprint density at radius 2 is 1.65 bits per heavy atom. The van der Waals surface area contributed by atoms with Gasteiger partial charge in [0.15, 0.2) is 0 Å². The maximum absolute atomic E-state index is 13.5. The summed E-state index contributed by atoms with van der Waals surface area (Å²) >= 11 is 3.14. The highest BCUT2D eigenvalue weighted by molar-refractivity contribution is 8.21. The fraction of sp³-hybridized carbons (Fsp3) is 0.556. The van der Waals surface area contributed by atoms with Gasteiger partial charge in [0.2, 0.25) is 23.6 Å². The molecule has 1 aromatic rings. The molecule has 1 aliphatic heterocycles.